The van der Waals surface area contributed by atoms with Crippen LogP contribution in [0.5, 0.6) is 0 Å². The van der Waals surface area contributed by atoms with Crippen LogP contribution >= 0.6 is 0 Å². The molecule has 0 unspecified atom stereocenters. The molecule has 0 saturated carbocycles. The van der Waals surface area contributed by atoms with Crippen LogP contribution < -0.4 is 4.90 Å². The van der Waals surface area contributed by atoms with Crippen molar-refractivity contribution in [2.24, 2.45) is 0 Å². The van der Waals surface area contributed by atoms with Crippen molar-refractivity contribution in [3.05, 3.63) is 101 Å². The minimum Gasteiger partial charge on any atom is -0.378 e. The number of ether oxygens (including phenoxy) is 1. The predicted octanol–water partition coefficient (Wildman–Crippen LogP) is 4.24. The van der Waals surface area contributed by atoms with Gasteiger partial charge in [0, 0.05) is 24.3 Å². The molecule has 1 heterocycles. The molecular weight excluding hydrogens is 400 g/mol. The Morgan fingerprint density at radius 3 is 2.12 bits per heavy atom. The minimum absolute atomic E-state index is 0.0525. The first-order valence-corrected chi connectivity index (χ1v) is 11.0. The number of aryl methyl sites for hydroxylation is 1. The second kappa shape index (κ2) is 10.2. The maximum atomic E-state index is 13.3. The summed E-state index contributed by atoms with van der Waals surface area (Å²) in [5, 5.41) is 0. The molecule has 0 atom stereocenters. The van der Waals surface area contributed by atoms with Crippen LogP contribution in [0.3, 0.4) is 0 Å². The number of anilines is 1. The zero-order chi connectivity index (χ0) is 22.3. The summed E-state index contributed by atoms with van der Waals surface area (Å²) < 4.78 is 5.33. The zero-order valence-corrected chi connectivity index (χ0v) is 18.4. The zero-order valence-electron chi connectivity index (χ0n) is 18.4. The van der Waals surface area contributed by atoms with Crippen molar-refractivity contribution in [3.8, 4) is 0 Å². The number of carbonyl (C=O) groups is 2. The van der Waals surface area contributed by atoms with Gasteiger partial charge in [-0.15, -0.1) is 0 Å². The van der Waals surface area contributed by atoms with Gasteiger partial charge in [-0.3, -0.25) is 9.59 Å². The average molecular weight is 429 g/mol. The molecule has 2 amide bonds. The summed E-state index contributed by atoms with van der Waals surface area (Å²) in [5.74, 6) is 0.0567. The van der Waals surface area contributed by atoms with Crippen LogP contribution in [-0.2, 0) is 22.5 Å². The molecule has 3 aromatic carbocycles. The maximum absolute atomic E-state index is 13.3. The van der Waals surface area contributed by atoms with E-state index in [0.29, 0.717) is 44.8 Å². The van der Waals surface area contributed by atoms with Crippen LogP contribution in [0.15, 0.2) is 78.9 Å². The van der Waals surface area contributed by atoms with Crippen LogP contribution in [0, 0.1) is 6.92 Å². The fourth-order valence-electron chi connectivity index (χ4n) is 3.79. The number of nitrogens with zero attached hydrogens (tertiary/aromatic N) is 2. The van der Waals surface area contributed by atoms with Crippen LogP contribution in [0.1, 0.15) is 27.0 Å². The van der Waals surface area contributed by atoms with Crippen LogP contribution in [0.25, 0.3) is 0 Å². The van der Waals surface area contributed by atoms with Gasteiger partial charge in [0.1, 0.15) is 0 Å². The fraction of sp³-hybridized carbons (Fsp3) is 0.259. The number of hydrogen-bond acceptors (Lipinski definition) is 3. The number of amides is 2. The van der Waals surface area contributed by atoms with Crippen molar-refractivity contribution in [2.75, 3.05) is 31.2 Å². The van der Waals surface area contributed by atoms with Crippen LogP contribution in [-0.4, -0.2) is 43.0 Å². The first kappa shape index (κ1) is 21.8. The molecule has 0 aliphatic carbocycles. The Labute approximate surface area is 189 Å². The Balaban J connectivity index is 1.54. The lowest BCUT2D eigenvalue weighted by molar-refractivity contribution is -0.134. The topological polar surface area (TPSA) is 49.9 Å². The summed E-state index contributed by atoms with van der Waals surface area (Å²) in [7, 11) is 0. The van der Waals surface area contributed by atoms with Crippen molar-refractivity contribution in [3.63, 3.8) is 0 Å². The van der Waals surface area contributed by atoms with E-state index < -0.39 is 0 Å². The van der Waals surface area contributed by atoms with Gasteiger partial charge in [0.25, 0.3) is 5.91 Å². The van der Waals surface area contributed by atoms with Crippen molar-refractivity contribution >= 4 is 17.5 Å². The lowest BCUT2D eigenvalue weighted by Gasteiger charge is -2.27. The summed E-state index contributed by atoms with van der Waals surface area (Å²) in [4.78, 5) is 29.5. The van der Waals surface area contributed by atoms with E-state index in [1.54, 1.807) is 4.90 Å². The normalized spacial score (nSPS) is 13.6. The Morgan fingerprint density at radius 2 is 1.47 bits per heavy atom. The largest absolute Gasteiger partial charge is 0.378 e. The van der Waals surface area contributed by atoms with Crippen molar-refractivity contribution in [1.82, 2.24) is 4.90 Å². The summed E-state index contributed by atoms with van der Waals surface area (Å²) in [6, 6.07) is 25.3. The van der Waals surface area contributed by atoms with Crippen molar-refractivity contribution < 1.29 is 14.3 Å². The molecule has 0 radical (unpaired) electrons. The van der Waals surface area contributed by atoms with Gasteiger partial charge in [-0.1, -0.05) is 60.2 Å². The van der Waals surface area contributed by atoms with E-state index in [1.165, 1.54) is 5.56 Å². The second-order valence-corrected chi connectivity index (χ2v) is 8.08. The Hall–Kier alpha value is -3.44. The lowest BCUT2D eigenvalue weighted by atomic mass is 10.1. The Bertz CT molecular complexity index is 1040. The average Bonchev–Trinajstić information content (AvgIpc) is 2.85. The molecular formula is C27H28N2O3. The quantitative estimate of drug-likeness (QED) is 0.590. The van der Waals surface area contributed by atoms with Crippen LogP contribution in [0.2, 0.25) is 0 Å². The number of benzene rings is 3. The highest BCUT2D eigenvalue weighted by Gasteiger charge is 2.20. The standard InChI is InChI=1S/C27H28N2O3/c1-21-7-9-23(10-8-21)20-29(27(31)24-5-3-2-4-6-24)25-13-11-22(12-14-25)19-26(30)28-15-17-32-18-16-28/h2-14H,15-20H2,1H3. The van der Waals surface area contributed by atoms with E-state index in [0.717, 1.165) is 16.8 Å². The number of hydrogen-bond donors (Lipinski definition) is 0. The second-order valence-electron chi connectivity index (χ2n) is 8.08. The van der Waals surface area contributed by atoms with E-state index in [9.17, 15) is 9.59 Å². The van der Waals surface area contributed by atoms with Gasteiger partial charge < -0.3 is 14.5 Å². The van der Waals surface area contributed by atoms with E-state index >= 15 is 0 Å². The summed E-state index contributed by atoms with van der Waals surface area (Å²) in [6.07, 6.45) is 0.352. The number of rotatable bonds is 6. The first-order chi connectivity index (χ1) is 15.6. The smallest absolute Gasteiger partial charge is 0.258 e. The Morgan fingerprint density at radius 1 is 0.844 bits per heavy atom. The molecule has 32 heavy (non-hydrogen) atoms. The maximum Gasteiger partial charge on any atom is 0.258 e. The summed E-state index contributed by atoms with van der Waals surface area (Å²) >= 11 is 0. The van der Waals surface area contributed by atoms with Gasteiger partial charge in [0.05, 0.1) is 26.2 Å². The lowest BCUT2D eigenvalue weighted by Crippen LogP contribution is -2.41. The van der Waals surface area contributed by atoms with E-state index in [4.69, 9.17) is 4.74 Å². The molecule has 5 heteroatoms. The monoisotopic (exact) mass is 428 g/mol. The summed E-state index contributed by atoms with van der Waals surface area (Å²) in [5.41, 5.74) is 4.64. The van der Waals surface area contributed by atoms with Crippen LogP contribution in [0.4, 0.5) is 5.69 Å². The van der Waals surface area contributed by atoms with E-state index in [-0.39, 0.29) is 11.8 Å². The molecule has 4 rings (SSSR count). The molecule has 1 fully saturated rings. The van der Waals surface area contributed by atoms with E-state index in [1.807, 2.05) is 66.4 Å². The highest BCUT2D eigenvalue weighted by atomic mass is 16.5. The molecule has 1 saturated heterocycles. The molecule has 0 aromatic heterocycles. The predicted molar refractivity (Wildman–Crippen MR) is 126 cm³/mol. The number of morpholine rings is 1. The fourth-order valence-corrected chi connectivity index (χ4v) is 3.79. The van der Waals surface area contributed by atoms with Gasteiger partial charge in [-0.05, 0) is 42.3 Å². The summed E-state index contributed by atoms with van der Waals surface area (Å²) in [6.45, 7) is 5.01. The van der Waals surface area contributed by atoms with Crippen molar-refractivity contribution in [1.29, 1.82) is 0 Å². The van der Waals surface area contributed by atoms with Gasteiger partial charge in [-0.2, -0.15) is 0 Å². The van der Waals surface area contributed by atoms with Gasteiger partial charge in [-0.25, -0.2) is 0 Å². The molecule has 0 spiro atoms. The molecule has 3 aromatic rings. The Kier molecular flexibility index (Phi) is 6.97. The third kappa shape index (κ3) is 5.42. The van der Waals surface area contributed by atoms with Crippen molar-refractivity contribution in [2.45, 2.75) is 19.9 Å². The third-order valence-corrected chi connectivity index (χ3v) is 5.69. The highest BCUT2D eigenvalue weighted by Crippen LogP contribution is 2.22. The molecule has 1 aliphatic heterocycles. The SMILES string of the molecule is Cc1ccc(CN(C(=O)c2ccccc2)c2ccc(CC(=O)N3CCOCC3)cc2)cc1. The molecule has 0 N–H and O–H groups in total. The number of carbonyl (C=O) groups excluding carboxylic acids is 2. The minimum atomic E-state index is -0.0525. The van der Waals surface area contributed by atoms with Gasteiger partial charge in [0.2, 0.25) is 5.91 Å². The highest BCUT2D eigenvalue weighted by molar-refractivity contribution is 6.06. The van der Waals surface area contributed by atoms with Gasteiger partial charge in [0.15, 0.2) is 0 Å². The molecule has 0 bridgehead atoms. The first-order valence-electron chi connectivity index (χ1n) is 11.0. The third-order valence-electron chi connectivity index (χ3n) is 5.69. The molecule has 164 valence electrons. The molecule has 5 nitrogen and oxygen atoms in total. The van der Waals surface area contributed by atoms with Gasteiger partial charge >= 0.3 is 0 Å². The molecule has 1 aliphatic rings. The van der Waals surface area contributed by atoms with E-state index in [2.05, 4.69) is 24.3 Å².